The molecule has 0 bridgehead atoms. The van der Waals surface area contributed by atoms with Gasteiger partial charge in [-0.3, -0.25) is 13.9 Å². The van der Waals surface area contributed by atoms with Crippen LogP contribution < -0.4 is 19.1 Å². The quantitative estimate of drug-likeness (QED) is 0.316. The van der Waals surface area contributed by atoms with Gasteiger partial charge in [-0.05, 0) is 61.4 Å². The van der Waals surface area contributed by atoms with Crippen LogP contribution in [0.4, 0.5) is 5.69 Å². The van der Waals surface area contributed by atoms with Crippen molar-refractivity contribution in [1.29, 1.82) is 0 Å². The molecule has 0 aliphatic heterocycles. The summed E-state index contributed by atoms with van der Waals surface area (Å²) >= 11 is 6.26. The molecule has 0 aliphatic carbocycles. The smallest absolute Gasteiger partial charge is 0.264 e. The van der Waals surface area contributed by atoms with Crippen molar-refractivity contribution >= 4 is 39.1 Å². The van der Waals surface area contributed by atoms with Crippen molar-refractivity contribution in [3.63, 3.8) is 0 Å². The Hall–Kier alpha value is -3.76. The summed E-state index contributed by atoms with van der Waals surface area (Å²) in [5.74, 6) is -0.0418. The molecule has 0 spiro atoms. The first kappa shape index (κ1) is 30.8. The van der Waals surface area contributed by atoms with E-state index < -0.39 is 28.5 Å². The Labute approximate surface area is 240 Å². The fraction of sp³-hybridized carbons (Fsp3) is 0.310. The normalized spacial score (nSPS) is 11.8. The summed E-state index contributed by atoms with van der Waals surface area (Å²) in [6, 6.07) is 18.6. The van der Waals surface area contributed by atoms with Gasteiger partial charge in [0.15, 0.2) is 0 Å². The van der Waals surface area contributed by atoms with Crippen LogP contribution >= 0.6 is 11.6 Å². The summed E-state index contributed by atoms with van der Waals surface area (Å²) in [5.41, 5.74) is 0.845. The summed E-state index contributed by atoms with van der Waals surface area (Å²) in [5, 5.41) is 3.04. The van der Waals surface area contributed by atoms with Crippen LogP contribution in [0.15, 0.2) is 77.7 Å². The van der Waals surface area contributed by atoms with Crippen molar-refractivity contribution in [2.75, 3.05) is 31.6 Å². The molecular weight excluding hydrogens is 554 g/mol. The number of hydrogen-bond donors (Lipinski definition) is 1. The second-order valence-corrected chi connectivity index (χ2v) is 11.1. The number of anilines is 1. The van der Waals surface area contributed by atoms with E-state index in [1.807, 2.05) is 0 Å². The number of carbonyl (C=O) groups is 2. The maximum atomic E-state index is 14.1. The lowest BCUT2D eigenvalue weighted by atomic mass is 10.1. The van der Waals surface area contributed by atoms with Gasteiger partial charge in [0.25, 0.3) is 10.0 Å². The van der Waals surface area contributed by atoms with Gasteiger partial charge in [0.2, 0.25) is 11.8 Å². The van der Waals surface area contributed by atoms with Crippen LogP contribution in [0, 0.1) is 0 Å². The molecule has 0 unspecified atom stereocenters. The number of halogens is 1. The summed E-state index contributed by atoms with van der Waals surface area (Å²) in [6.45, 7) is 3.45. The van der Waals surface area contributed by atoms with Gasteiger partial charge in [0.05, 0.1) is 24.8 Å². The summed E-state index contributed by atoms with van der Waals surface area (Å²) in [6.07, 6.45) is 0.319. The van der Waals surface area contributed by atoms with E-state index in [2.05, 4.69) is 5.32 Å². The number of sulfonamides is 1. The fourth-order valence-electron chi connectivity index (χ4n) is 4.23. The zero-order valence-corrected chi connectivity index (χ0v) is 24.5. The average molecular weight is 588 g/mol. The molecule has 0 saturated carbocycles. The minimum absolute atomic E-state index is 0.0118. The lowest BCUT2D eigenvalue weighted by molar-refractivity contribution is -0.140. The predicted octanol–water partition coefficient (Wildman–Crippen LogP) is 4.50. The topological polar surface area (TPSA) is 105 Å². The predicted molar refractivity (Wildman–Crippen MR) is 155 cm³/mol. The minimum Gasteiger partial charge on any atom is -0.497 e. The molecular formula is C29H34ClN3O6S. The van der Waals surface area contributed by atoms with Crippen molar-refractivity contribution in [1.82, 2.24) is 10.2 Å². The van der Waals surface area contributed by atoms with E-state index in [4.69, 9.17) is 21.1 Å². The molecule has 0 saturated heterocycles. The zero-order valence-electron chi connectivity index (χ0n) is 23.0. The van der Waals surface area contributed by atoms with Crippen molar-refractivity contribution in [2.45, 2.75) is 37.8 Å². The van der Waals surface area contributed by atoms with Gasteiger partial charge in [-0.15, -0.1) is 0 Å². The van der Waals surface area contributed by atoms with Crippen molar-refractivity contribution in [3.05, 3.63) is 83.4 Å². The SMILES string of the molecule is CCNC(=O)[C@@H](CC)N(Cc1ccc(OC)cc1)C(=O)CN(c1cc(Cl)ccc1OC)S(=O)(=O)c1ccccc1. The Morgan fingerprint density at radius 3 is 2.20 bits per heavy atom. The van der Waals surface area contributed by atoms with Gasteiger partial charge in [-0.2, -0.15) is 0 Å². The summed E-state index contributed by atoms with van der Waals surface area (Å²) in [4.78, 5) is 28.5. The summed E-state index contributed by atoms with van der Waals surface area (Å²) in [7, 11) is -1.29. The van der Waals surface area contributed by atoms with Crippen LogP contribution in [0.3, 0.4) is 0 Å². The second kappa shape index (κ2) is 14.0. The molecule has 0 heterocycles. The molecule has 3 aromatic rings. The number of likely N-dealkylation sites (N-methyl/N-ethyl adjacent to an activating group) is 1. The van der Waals surface area contributed by atoms with E-state index >= 15 is 0 Å². The molecule has 11 heteroatoms. The molecule has 1 N–H and O–H groups in total. The van der Waals surface area contributed by atoms with E-state index in [1.165, 1.54) is 36.3 Å². The van der Waals surface area contributed by atoms with Crippen molar-refractivity contribution in [3.8, 4) is 11.5 Å². The van der Waals surface area contributed by atoms with E-state index in [0.717, 1.165) is 9.87 Å². The second-order valence-electron chi connectivity index (χ2n) is 8.83. The molecule has 0 aliphatic rings. The minimum atomic E-state index is -4.25. The Bertz CT molecular complexity index is 1400. The highest BCUT2D eigenvalue weighted by molar-refractivity contribution is 7.92. The Morgan fingerprint density at radius 1 is 0.950 bits per heavy atom. The average Bonchev–Trinajstić information content (AvgIpc) is 2.96. The number of nitrogens with one attached hydrogen (secondary N) is 1. The molecule has 0 aromatic heterocycles. The van der Waals surface area contributed by atoms with Crippen LogP contribution in [0.25, 0.3) is 0 Å². The first-order valence-corrected chi connectivity index (χ1v) is 14.6. The third kappa shape index (κ3) is 7.25. The molecule has 2 amide bonds. The molecule has 9 nitrogen and oxygen atoms in total. The van der Waals surface area contributed by atoms with Crippen LogP contribution in [0.2, 0.25) is 5.02 Å². The number of ether oxygens (including phenoxy) is 2. The van der Waals surface area contributed by atoms with Crippen LogP contribution in [0.5, 0.6) is 11.5 Å². The number of rotatable bonds is 13. The third-order valence-corrected chi connectivity index (χ3v) is 8.28. The molecule has 0 fully saturated rings. The Balaban J connectivity index is 2.11. The Kier molecular flexibility index (Phi) is 10.8. The first-order chi connectivity index (χ1) is 19.2. The van der Waals surface area contributed by atoms with E-state index in [9.17, 15) is 18.0 Å². The zero-order chi connectivity index (χ0) is 29.3. The number of benzene rings is 3. The number of amides is 2. The van der Waals surface area contributed by atoms with E-state index in [0.29, 0.717) is 18.7 Å². The summed E-state index contributed by atoms with van der Waals surface area (Å²) < 4.78 is 39.5. The van der Waals surface area contributed by atoms with E-state index in [1.54, 1.807) is 69.5 Å². The van der Waals surface area contributed by atoms with Gasteiger partial charge in [0, 0.05) is 18.1 Å². The fourth-order valence-corrected chi connectivity index (χ4v) is 5.83. The van der Waals surface area contributed by atoms with Crippen molar-refractivity contribution < 1.29 is 27.5 Å². The lowest BCUT2D eigenvalue weighted by Crippen LogP contribution is -2.52. The number of carbonyl (C=O) groups excluding carboxylic acids is 2. The highest BCUT2D eigenvalue weighted by Gasteiger charge is 2.34. The molecule has 3 rings (SSSR count). The molecule has 3 aromatic carbocycles. The van der Waals surface area contributed by atoms with E-state index in [-0.39, 0.29) is 33.8 Å². The van der Waals surface area contributed by atoms with Crippen LogP contribution in [0.1, 0.15) is 25.8 Å². The number of nitrogens with zero attached hydrogens (tertiary/aromatic N) is 2. The van der Waals surface area contributed by atoms with Gasteiger partial charge in [-0.1, -0.05) is 48.9 Å². The molecule has 214 valence electrons. The highest BCUT2D eigenvalue weighted by atomic mass is 35.5. The van der Waals surface area contributed by atoms with Crippen molar-refractivity contribution in [2.24, 2.45) is 0 Å². The van der Waals surface area contributed by atoms with Gasteiger partial charge in [-0.25, -0.2) is 8.42 Å². The molecule has 1 atom stereocenters. The number of hydrogen-bond acceptors (Lipinski definition) is 6. The lowest BCUT2D eigenvalue weighted by Gasteiger charge is -2.33. The standard InChI is InChI=1S/C29H34ClN3O6S/c1-5-25(29(35)31-6-2)32(19-21-12-15-23(38-3)16-13-21)28(34)20-33(26-18-22(30)14-17-27(26)39-4)40(36,37)24-10-8-7-9-11-24/h7-18,25H,5-6,19-20H2,1-4H3,(H,31,35)/t25-/m1/s1. The van der Waals surface area contributed by atoms with Crippen LogP contribution in [-0.2, 0) is 26.2 Å². The molecule has 40 heavy (non-hydrogen) atoms. The maximum absolute atomic E-state index is 14.1. The van der Waals surface area contributed by atoms with Crippen LogP contribution in [-0.4, -0.2) is 58.5 Å². The maximum Gasteiger partial charge on any atom is 0.264 e. The van der Waals surface area contributed by atoms with Gasteiger partial charge in [0.1, 0.15) is 24.1 Å². The first-order valence-electron chi connectivity index (χ1n) is 12.8. The third-order valence-electron chi connectivity index (χ3n) is 6.27. The highest BCUT2D eigenvalue weighted by Crippen LogP contribution is 2.35. The number of methoxy groups -OCH3 is 2. The largest absolute Gasteiger partial charge is 0.497 e. The van der Waals surface area contributed by atoms with Gasteiger partial charge >= 0.3 is 0 Å². The monoisotopic (exact) mass is 587 g/mol. The Morgan fingerprint density at radius 2 is 1.62 bits per heavy atom. The van der Waals surface area contributed by atoms with Gasteiger partial charge < -0.3 is 19.7 Å². The molecule has 0 radical (unpaired) electrons.